The van der Waals surface area contributed by atoms with Crippen LogP contribution in [0.25, 0.3) is 11.0 Å². The summed E-state index contributed by atoms with van der Waals surface area (Å²) in [4.78, 5) is 15.5. The average Bonchev–Trinajstić information content (AvgIpc) is 3.15. The number of nitrogen functional groups attached to an aromatic ring is 1. The summed E-state index contributed by atoms with van der Waals surface area (Å²) in [5, 5.41) is 6.12. The van der Waals surface area contributed by atoms with E-state index in [1.54, 1.807) is 18.3 Å². The van der Waals surface area contributed by atoms with Gasteiger partial charge in [0.1, 0.15) is 5.52 Å². The highest BCUT2D eigenvalue weighted by atomic mass is 35.5. The van der Waals surface area contributed by atoms with Crippen molar-refractivity contribution in [2.24, 2.45) is 0 Å². The molecule has 0 saturated carbocycles. The molecule has 4 rings (SSSR count). The number of pyridine rings is 1. The molecular weight excluding hydrogens is 454 g/mol. The van der Waals surface area contributed by atoms with E-state index in [0.29, 0.717) is 22.9 Å². The normalized spacial score (nSPS) is 16.0. The second-order valence-corrected chi connectivity index (χ2v) is 6.93. The zero-order valence-corrected chi connectivity index (χ0v) is 18.1. The molecule has 3 aromatic rings. The first-order valence-corrected chi connectivity index (χ1v) is 9.13. The van der Waals surface area contributed by atoms with Gasteiger partial charge in [0.05, 0.1) is 11.1 Å². The van der Waals surface area contributed by atoms with Crippen LogP contribution in [0.2, 0.25) is 0 Å². The molecule has 0 bridgehead atoms. The second-order valence-electron chi connectivity index (χ2n) is 6.93. The third-order valence-corrected chi connectivity index (χ3v) is 4.87. The van der Waals surface area contributed by atoms with Crippen LogP contribution in [0.1, 0.15) is 12.0 Å². The third kappa shape index (κ3) is 5.38. The van der Waals surface area contributed by atoms with Gasteiger partial charge in [0, 0.05) is 36.7 Å². The Morgan fingerprint density at radius 2 is 1.94 bits per heavy atom. The highest BCUT2D eigenvalue weighted by Gasteiger charge is 2.31. The molecule has 7 nitrogen and oxygen atoms in total. The quantitative estimate of drug-likeness (QED) is 0.490. The topological polar surface area (TPSA) is 92.0 Å². The van der Waals surface area contributed by atoms with Crippen molar-refractivity contribution in [1.29, 1.82) is 0 Å². The second kappa shape index (κ2) is 9.71. The van der Waals surface area contributed by atoms with Crippen LogP contribution in [0.5, 0.6) is 0 Å². The van der Waals surface area contributed by atoms with E-state index in [0.717, 1.165) is 31.6 Å². The number of hydrogen-bond donors (Lipinski definition) is 3. The van der Waals surface area contributed by atoms with Crippen molar-refractivity contribution >= 4 is 59.0 Å². The fourth-order valence-electron chi connectivity index (χ4n) is 3.43. The van der Waals surface area contributed by atoms with Crippen LogP contribution >= 0.6 is 24.8 Å². The number of halogens is 5. The number of anilines is 4. The number of nitrogens with zero attached hydrogens (tertiary/aromatic N) is 4. The predicted octanol–water partition coefficient (Wildman–Crippen LogP) is 4.01. The van der Waals surface area contributed by atoms with Gasteiger partial charge < -0.3 is 21.3 Å². The van der Waals surface area contributed by atoms with E-state index in [4.69, 9.17) is 5.73 Å². The minimum Gasteiger partial charge on any atom is -0.399 e. The lowest BCUT2D eigenvalue weighted by Crippen LogP contribution is -2.30. The fraction of sp³-hybridized carbons (Fsp3) is 0.316. The molecule has 31 heavy (non-hydrogen) atoms. The zero-order valence-electron chi connectivity index (χ0n) is 16.5. The van der Waals surface area contributed by atoms with Crippen molar-refractivity contribution in [2.75, 3.05) is 36.1 Å². The molecule has 1 aromatic carbocycles. The van der Waals surface area contributed by atoms with Crippen molar-refractivity contribution in [3.63, 3.8) is 0 Å². The standard InChI is InChI=1S/C19H20F3N7.2ClH/c1-24-13-4-6-29(10-13)17-16-15(3-2-5-25-16)27-18(28-17)26-14-8-11(19(20,21)22)7-12(23)9-14;;/h2-3,5,7-9,13,24H,4,6,10,23H2,1H3,(H,26,27,28);2*1H/t13-;;/m0../s1. The molecule has 4 N–H and O–H groups in total. The molecule has 0 unspecified atom stereocenters. The minimum absolute atomic E-state index is 0. The number of alkyl halides is 3. The highest BCUT2D eigenvalue weighted by molar-refractivity contribution is 5.87. The van der Waals surface area contributed by atoms with Gasteiger partial charge in [0.25, 0.3) is 0 Å². The number of benzene rings is 1. The van der Waals surface area contributed by atoms with Gasteiger partial charge in [-0.15, -0.1) is 24.8 Å². The van der Waals surface area contributed by atoms with E-state index in [1.165, 1.54) is 6.07 Å². The average molecular weight is 476 g/mol. The number of hydrogen-bond acceptors (Lipinski definition) is 7. The Morgan fingerprint density at radius 3 is 2.61 bits per heavy atom. The van der Waals surface area contributed by atoms with Crippen molar-refractivity contribution in [3.05, 3.63) is 42.1 Å². The Balaban J connectivity index is 0.00000171. The number of aromatic nitrogens is 3. The number of nitrogens with two attached hydrogens (primary N) is 1. The molecule has 1 aliphatic rings. The lowest BCUT2D eigenvalue weighted by atomic mass is 10.1. The number of fused-ring (bicyclic) bond motifs is 1. The van der Waals surface area contributed by atoms with Gasteiger partial charge in [-0.05, 0) is 43.8 Å². The largest absolute Gasteiger partial charge is 0.416 e. The van der Waals surface area contributed by atoms with Crippen molar-refractivity contribution < 1.29 is 13.2 Å². The fourth-order valence-corrected chi connectivity index (χ4v) is 3.43. The van der Waals surface area contributed by atoms with Gasteiger partial charge in [-0.1, -0.05) is 0 Å². The van der Waals surface area contributed by atoms with Crippen molar-refractivity contribution in [3.8, 4) is 0 Å². The Kier molecular flexibility index (Phi) is 7.74. The lowest BCUT2D eigenvalue weighted by molar-refractivity contribution is -0.137. The van der Waals surface area contributed by atoms with Crippen LogP contribution in [0.15, 0.2) is 36.5 Å². The Bertz CT molecular complexity index is 1050. The summed E-state index contributed by atoms with van der Waals surface area (Å²) in [5.41, 5.74) is 6.24. The highest BCUT2D eigenvalue weighted by Crippen LogP contribution is 2.34. The maximum Gasteiger partial charge on any atom is 0.416 e. The van der Waals surface area contributed by atoms with E-state index >= 15 is 0 Å². The third-order valence-electron chi connectivity index (χ3n) is 4.87. The smallest absolute Gasteiger partial charge is 0.399 e. The van der Waals surface area contributed by atoms with E-state index in [1.807, 2.05) is 7.05 Å². The summed E-state index contributed by atoms with van der Waals surface area (Å²) >= 11 is 0. The van der Waals surface area contributed by atoms with E-state index in [-0.39, 0.29) is 42.1 Å². The first-order chi connectivity index (χ1) is 13.8. The Morgan fingerprint density at radius 1 is 1.16 bits per heavy atom. The molecule has 12 heteroatoms. The summed E-state index contributed by atoms with van der Waals surface area (Å²) in [7, 11) is 1.91. The van der Waals surface area contributed by atoms with E-state index < -0.39 is 11.7 Å². The van der Waals surface area contributed by atoms with E-state index in [9.17, 15) is 13.2 Å². The monoisotopic (exact) mass is 475 g/mol. The molecule has 0 radical (unpaired) electrons. The number of rotatable bonds is 4. The first kappa shape index (κ1) is 24.7. The molecule has 2 aromatic heterocycles. The summed E-state index contributed by atoms with van der Waals surface area (Å²) in [6.45, 7) is 1.55. The minimum atomic E-state index is -4.50. The van der Waals surface area contributed by atoms with Crippen LogP contribution in [0, 0.1) is 0 Å². The summed E-state index contributed by atoms with van der Waals surface area (Å²) in [6.07, 6.45) is -1.87. The van der Waals surface area contributed by atoms with Crippen LogP contribution in [-0.2, 0) is 6.18 Å². The van der Waals surface area contributed by atoms with Crippen LogP contribution < -0.4 is 21.3 Å². The van der Waals surface area contributed by atoms with Crippen LogP contribution in [-0.4, -0.2) is 41.1 Å². The molecule has 1 fully saturated rings. The molecule has 0 amide bonds. The van der Waals surface area contributed by atoms with Crippen molar-refractivity contribution in [1.82, 2.24) is 20.3 Å². The Hall–Kier alpha value is -2.56. The summed E-state index contributed by atoms with van der Waals surface area (Å²) in [5.74, 6) is 0.836. The van der Waals surface area contributed by atoms with Gasteiger partial charge in [0.15, 0.2) is 5.82 Å². The predicted molar refractivity (Wildman–Crippen MR) is 121 cm³/mol. The van der Waals surface area contributed by atoms with Crippen molar-refractivity contribution in [2.45, 2.75) is 18.6 Å². The molecule has 1 atom stereocenters. The molecule has 0 aliphatic carbocycles. The Labute approximate surface area is 189 Å². The summed E-state index contributed by atoms with van der Waals surface area (Å²) < 4.78 is 39.3. The lowest BCUT2D eigenvalue weighted by Gasteiger charge is -2.20. The molecule has 0 spiro atoms. The van der Waals surface area contributed by atoms with Crippen LogP contribution in [0.3, 0.4) is 0 Å². The maximum atomic E-state index is 13.1. The molecule has 1 saturated heterocycles. The molecule has 1 aliphatic heterocycles. The number of likely N-dealkylation sites (N-methyl/N-ethyl adjacent to an activating group) is 1. The first-order valence-electron chi connectivity index (χ1n) is 9.13. The summed E-state index contributed by atoms with van der Waals surface area (Å²) in [6, 6.07) is 7.18. The van der Waals surface area contributed by atoms with Gasteiger partial charge in [-0.3, -0.25) is 4.98 Å². The maximum absolute atomic E-state index is 13.1. The zero-order chi connectivity index (χ0) is 20.6. The van der Waals surface area contributed by atoms with Gasteiger partial charge in [-0.25, -0.2) is 4.98 Å². The molecular formula is C19H22Cl2F3N7. The van der Waals surface area contributed by atoms with E-state index in [2.05, 4.69) is 30.5 Å². The van der Waals surface area contributed by atoms with Crippen LogP contribution in [0.4, 0.5) is 36.3 Å². The van der Waals surface area contributed by atoms with Gasteiger partial charge in [-0.2, -0.15) is 18.2 Å². The number of nitrogens with one attached hydrogen (secondary N) is 2. The molecule has 3 heterocycles. The van der Waals surface area contributed by atoms with Gasteiger partial charge in [0.2, 0.25) is 5.95 Å². The SMILES string of the molecule is CN[C@H]1CCN(c2nc(Nc3cc(N)cc(C(F)(F)F)c3)nc3cccnc23)C1.Cl.Cl. The molecule has 168 valence electrons. The van der Waals surface area contributed by atoms with Gasteiger partial charge >= 0.3 is 6.18 Å².